The Labute approximate surface area is 230 Å². The molecule has 2 atom stereocenters. The number of benzene rings is 2. The molecule has 40 heavy (non-hydrogen) atoms. The fraction of sp³-hybridized carbons (Fsp3) is 0.286. The highest BCUT2D eigenvalue weighted by atomic mass is 16.5. The van der Waals surface area contributed by atoms with Gasteiger partial charge in [0.25, 0.3) is 0 Å². The van der Waals surface area contributed by atoms with E-state index in [9.17, 15) is 14.7 Å². The Morgan fingerprint density at radius 3 is 2.83 bits per heavy atom. The number of hydrazone groups is 1. The minimum absolute atomic E-state index is 0.149. The highest BCUT2D eigenvalue weighted by molar-refractivity contribution is 5.99. The van der Waals surface area contributed by atoms with Crippen LogP contribution >= 0.6 is 0 Å². The number of para-hydroxylation sites is 1. The van der Waals surface area contributed by atoms with Crippen molar-refractivity contribution in [2.45, 2.75) is 32.7 Å². The standard InChI is InChI=1S/C28H30N6O6/c1-4-39-23-13-18(26-25(27(36)38-3)17(2)31-28(37)32-26)9-10-22(23)40-16-24(35)33-30-14-19-15-34(12-11-29)21-8-6-5-7-20(19)21/h5-10,13-15,24,26,33,35H,4,12,16H2,1-3H3,(H2,31,32,37)/b30-14+/t24-,26-/m0/s1. The third-order valence-electron chi connectivity index (χ3n) is 6.16. The van der Waals surface area contributed by atoms with E-state index in [4.69, 9.17) is 19.5 Å². The molecule has 2 aromatic carbocycles. The van der Waals surface area contributed by atoms with Gasteiger partial charge in [0.05, 0.1) is 37.6 Å². The monoisotopic (exact) mass is 546 g/mol. The van der Waals surface area contributed by atoms with Crippen LogP contribution in [0.25, 0.3) is 10.9 Å². The molecule has 0 radical (unpaired) electrons. The molecular weight excluding hydrogens is 516 g/mol. The van der Waals surface area contributed by atoms with Crippen molar-refractivity contribution >= 4 is 29.1 Å². The highest BCUT2D eigenvalue weighted by Gasteiger charge is 2.32. The van der Waals surface area contributed by atoms with Gasteiger partial charge in [-0.3, -0.25) is 5.43 Å². The molecule has 2 amide bonds. The lowest BCUT2D eigenvalue weighted by molar-refractivity contribution is -0.136. The van der Waals surface area contributed by atoms with Crippen molar-refractivity contribution in [3.8, 4) is 17.6 Å². The smallest absolute Gasteiger partial charge is 0.337 e. The Bertz CT molecular complexity index is 1500. The predicted octanol–water partition coefficient (Wildman–Crippen LogP) is 2.69. The van der Waals surface area contributed by atoms with E-state index >= 15 is 0 Å². The number of aromatic nitrogens is 1. The molecule has 0 spiro atoms. The second-order valence-corrected chi connectivity index (χ2v) is 8.80. The topological polar surface area (TPSA) is 159 Å². The maximum atomic E-state index is 12.4. The van der Waals surface area contributed by atoms with E-state index in [0.717, 1.165) is 16.5 Å². The summed E-state index contributed by atoms with van der Waals surface area (Å²) in [7, 11) is 1.27. The van der Waals surface area contributed by atoms with Gasteiger partial charge in [-0.1, -0.05) is 24.3 Å². The number of hydrogen-bond acceptors (Lipinski definition) is 9. The van der Waals surface area contributed by atoms with Crippen LogP contribution in [0.15, 0.2) is 65.0 Å². The van der Waals surface area contributed by atoms with Crippen molar-refractivity contribution in [2.24, 2.45) is 5.10 Å². The first kappa shape index (κ1) is 28.0. The molecule has 3 aromatic rings. The number of allylic oxidation sites excluding steroid dienone is 1. The number of nitriles is 1. The molecule has 208 valence electrons. The second-order valence-electron chi connectivity index (χ2n) is 8.80. The van der Waals surface area contributed by atoms with E-state index in [1.165, 1.54) is 7.11 Å². The first-order chi connectivity index (χ1) is 19.4. The molecule has 4 rings (SSSR count). The number of amides is 2. The fourth-order valence-electron chi connectivity index (χ4n) is 4.40. The van der Waals surface area contributed by atoms with Gasteiger partial charge < -0.3 is 34.5 Å². The fourth-order valence-corrected chi connectivity index (χ4v) is 4.40. The van der Waals surface area contributed by atoms with Gasteiger partial charge in [-0.15, -0.1) is 0 Å². The molecule has 2 heterocycles. The zero-order valence-electron chi connectivity index (χ0n) is 22.3. The normalized spacial score (nSPS) is 15.8. The number of methoxy groups -OCH3 is 1. The van der Waals surface area contributed by atoms with Crippen LogP contribution in [0.2, 0.25) is 0 Å². The molecule has 1 aliphatic heterocycles. The number of nitrogens with one attached hydrogen (secondary N) is 3. The van der Waals surface area contributed by atoms with Crippen molar-refractivity contribution in [1.82, 2.24) is 20.6 Å². The third kappa shape index (κ3) is 6.16. The van der Waals surface area contributed by atoms with Gasteiger partial charge in [-0.25, -0.2) is 9.59 Å². The van der Waals surface area contributed by atoms with Crippen molar-refractivity contribution in [3.63, 3.8) is 0 Å². The number of hydrogen-bond donors (Lipinski definition) is 4. The van der Waals surface area contributed by atoms with Crippen LogP contribution in [0, 0.1) is 11.3 Å². The minimum atomic E-state index is -1.14. The van der Waals surface area contributed by atoms with Crippen LogP contribution in [0.4, 0.5) is 4.79 Å². The first-order valence-corrected chi connectivity index (χ1v) is 12.5. The summed E-state index contributed by atoms with van der Waals surface area (Å²) < 4.78 is 18.3. The van der Waals surface area contributed by atoms with Gasteiger partial charge in [-0.05, 0) is 37.6 Å². The molecule has 4 N–H and O–H groups in total. The maximum Gasteiger partial charge on any atom is 0.337 e. The summed E-state index contributed by atoms with van der Waals surface area (Å²) in [6.07, 6.45) is 2.25. The Kier molecular flexibility index (Phi) is 8.88. The van der Waals surface area contributed by atoms with Crippen molar-refractivity contribution in [3.05, 3.63) is 71.1 Å². The number of carbonyl (C=O) groups is 2. The number of esters is 1. The van der Waals surface area contributed by atoms with E-state index < -0.39 is 24.3 Å². The van der Waals surface area contributed by atoms with Gasteiger partial charge in [0.15, 0.2) is 17.7 Å². The lowest BCUT2D eigenvalue weighted by Crippen LogP contribution is -2.45. The molecule has 0 bridgehead atoms. The summed E-state index contributed by atoms with van der Waals surface area (Å²) in [4.78, 5) is 24.5. The van der Waals surface area contributed by atoms with E-state index in [1.54, 1.807) is 31.3 Å². The number of fused-ring (bicyclic) bond motifs is 1. The average Bonchev–Trinajstić information content (AvgIpc) is 3.29. The zero-order valence-corrected chi connectivity index (χ0v) is 22.3. The van der Waals surface area contributed by atoms with Crippen molar-refractivity contribution in [2.75, 3.05) is 20.3 Å². The number of ether oxygens (including phenoxy) is 3. The van der Waals surface area contributed by atoms with Crippen LogP contribution in [-0.2, 0) is 16.1 Å². The Morgan fingerprint density at radius 2 is 2.08 bits per heavy atom. The zero-order chi connectivity index (χ0) is 28.6. The molecule has 0 saturated carbocycles. The van der Waals surface area contributed by atoms with Crippen LogP contribution in [0.5, 0.6) is 11.5 Å². The summed E-state index contributed by atoms with van der Waals surface area (Å²) in [5.41, 5.74) is 5.58. The average molecular weight is 547 g/mol. The largest absolute Gasteiger partial charge is 0.490 e. The van der Waals surface area contributed by atoms with Crippen molar-refractivity contribution < 1.29 is 28.9 Å². The number of carbonyl (C=O) groups excluding carboxylic acids is 2. The molecule has 1 aliphatic rings. The molecule has 12 nitrogen and oxygen atoms in total. The summed E-state index contributed by atoms with van der Waals surface area (Å²) >= 11 is 0. The summed E-state index contributed by atoms with van der Waals surface area (Å²) in [5.74, 6) is 0.156. The van der Waals surface area contributed by atoms with E-state index in [1.807, 2.05) is 42.0 Å². The molecule has 0 fully saturated rings. The summed E-state index contributed by atoms with van der Waals surface area (Å²) in [6, 6.07) is 13.6. The first-order valence-electron chi connectivity index (χ1n) is 12.5. The summed E-state index contributed by atoms with van der Waals surface area (Å²) in [5, 5.41) is 29.9. The predicted molar refractivity (Wildman–Crippen MR) is 147 cm³/mol. The molecule has 0 unspecified atom stereocenters. The molecule has 1 aromatic heterocycles. The van der Waals surface area contributed by atoms with Crippen LogP contribution in [-0.4, -0.2) is 54.4 Å². The summed E-state index contributed by atoms with van der Waals surface area (Å²) in [6.45, 7) is 3.83. The van der Waals surface area contributed by atoms with Gasteiger partial charge in [0.2, 0.25) is 0 Å². The van der Waals surface area contributed by atoms with Crippen molar-refractivity contribution in [1.29, 1.82) is 5.26 Å². The minimum Gasteiger partial charge on any atom is -0.490 e. The number of aliphatic hydroxyl groups excluding tert-OH is 1. The van der Waals surface area contributed by atoms with Gasteiger partial charge in [0.1, 0.15) is 13.2 Å². The van der Waals surface area contributed by atoms with Gasteiger partial charge in [0, 0.05) is 28.4 Å². The molecular formula is C28H30N6O6. The lowest BCUT2D eigenvalue weighted by atomic mass is 9.95. The number of nitrogens with zero attached hydrogens (tertiary/aromatic N) is 3. The van der Waals surface area contributed by atoms with Gasteiger partial charge in [-0.2, -0.15) is 10.4 Å². The van der Waals surface area contributed by atoms with Gasteiger partial charge >= 0.3 is 12.0 Å². The number of urea groups is 1. The van der Waals surface area contributed by atoms with Crippen LogP contribution in [0.1, 0.15) is 31.0 Å². The Hall–Kier alpha value is -5.02. The quantitative estimate of drug-likeness (QED) is 0.124. The van der Waals surface area contributed by atoms with E-state index in [-0.39, 0.29) is 18.7 Å². The SMILES string of the molecule is CCOc1cc([C@@H]2NC(=O)NC(C)=C2C(=O)OC)ccc1OC[C@H](O)N/N=C/c1cn(CC#N)c2ccccc12. The van der Waals surface area contributed by atoms with Crippen LogP contribution < -0.4 is 25.5 Å². The molecule has 12 heteroatoms. The number of aliphatic hydroxyl groups is 1. The lowest BCUT2D eigenvalue weighted by Gasteiger charge is -2.28. The third-order valence-corrected chi connectivity index (χ3v) is 6.16. The van der Waals surface area contributed by atoms with Crippen LogP contribution in [0.3, 0.4) is 0 Å². The molecule has 0 saturated heterocycles. The van der Waals surface area contributed by atoms with E-state index in [0.29, 0.717) is 29.4 Å². The molecule has 0 aliphatic carbocycles. The Balaban J connectivity index is 1.45. The van der Waals surface area contributed by atoms with E-state index in [2.05, 4.69) is 27.2 Å². The highest BCUT2D eigenvalue weighted by Crippen LogP contribution is 2.35. The Morgan fingerprint density at radius 1 is 1.27 bits per heavy atom. The number of rotatable bonds is 11. The maximum absolute atomic E-state index is 12.4. The second kappa shape index (κ2) is 12.7.